The molecule has 0 saturated carbocycles. The average molecular weight is 388 g/mol. The number of amides is 2. The van der Waals surface area contributed by atoms with Crippen LogP contribution >= 0.6 is 12.2 Å². The molecule has 0 unspecified atom stereocenters. The van der Waals surface area contributed by atoms with Crippen molar-refractivity contribution in [1.82, 2.24) is 25.0 Å². The maximum absolute atomic E-state index is 12.8. The molecule has 2 aromatic rings. The van der Waals surface area contributed by atoms with Gasteiger partial charge in [-0.05, 0) is 38.9 Å². The quantitative estimate of drug-likeness (QED) is 0.771. The van der Waals surface area contributed by atoms with Gasteiger partial charge in [-0.2, -0.15) is 5.10 Å². The van der Waals surface area contributed by atoms with E-state index in [0.717, 1.165) is 11.1 Å². The highest BCUT2D eigenvalue weighted by Gasteiger charge is 2.27. The summed E-state index contributed by atoms with van der Waals surface area (Å²) in [5.74, 6) is 0.734. The Balaban J connectivity index is 1.67. The number of aryl methyl sites for hydroxylation is 1. The van der Waals surface area contributed by atoms with Gasteiger partial charge in [0.15, 0.2) is 10.6 Å². The molecule has 1 aliphatic heterocycles. The number of nitrogens with one attached hydrogen (secondary N) is 2. The van der Waals surface area contributed by atoms with E-state index in [1.54, 1.807) is 4.57 Å². The molecule has 0 atom stereocenters. The van der Waals surface area contributed by atoms with Gasteiger partial charge in [-0.15, -0.1) is 0 Å². The first-order chi connectivity index (χ1) is 13.0. The lowest BCUT2D eigenvalue weighted by molar-refractivity contribution is -0.136. The molecule has 0 spiro atoms. The summed E-state index contributed by atoms with van der Waals surface area (Å²) < 4.78 is 2.16. The zero-order valence-electron chi connectivity index (χ0n) is 15.7. The molecule has 8 heteroatoms. The Kier molecular flexibility index (Phi) is 6.05. The van der Waals surface area contributed by atoms with Crippen molar-refractivity contribution < 1.29 is 9.59 Å². The summed E-state index contributed by atoms with van der Waals surface area (Å²) in [4.78, 5) is 26.5. The molecule has 1 aliphatic rings. The summed E-state index contributed by atoms with van der Waals surface area (Å²) in [7, 11) is 0. The summed E-state index contributed by atoms with van der Waals surface area (Å²) in [6.45, 7) is 5.89. The van der Waals surface area contributed by atoms with E-state index in [1.165, 1.54) is 0 Å². The molecule has 3 rings (SSSR count). The second-order valence-corrected chi connectivity index (χ2v) is 7.24. The maximum Gasteiger partial charge on any atom is 0.242 e. The topological polar surface area (TPSA) is 83.0 Å². The third-order valence-electron chi connectivity index (χ3n) is 4.93. The number of nitrogens with zero attached hydrogens (tertiary/aromatic N) is 3. The first-order valence-electron chi connectivity index (χ1n) is 9.27. The lowest BCUT2D eigenvalue weighted by Crippen LogP contribution is -2.44. The van der Waals surface area contributed by atoms with Crippen LogP contribution in [-0.4, -0.2) is 51.1 Å². The van der Waals surface area contributed by atoms with Gasteiger partial charge in [-0.3, -0.25) is 19.3 Å². The number of carbonyl (C=O) groups excluding carboxylic acids is 2. The highest BCUT2D eigenvalue weighted by atomic mass is 32.1. The van der Waals surface area contributed by atoms with Crippen LogP contribution in [0.3, 0.4) is 0 Å². The molecule has 27 heavy (non-hydrogen) atoms. The van der Waals surface area contributed by atoms with E-state index < -0.39 is 0 Å². The SMILES string of the molecule is CCNC(=O)C1CCN(C(=O)Cn2c(-c3ccc(C)cc3)n[nH]c2=S)CC1. The predicted octanol–water partition coefficient (Wildman–Crippen LogP) is 2.29. The van der Waals surface area contributed by atoms with Crippen LogP contribution in [0.5, 0.6) is 0 Å². The van der Waals surface area contributed by atoms with Gasteiger partial charge < -0.3 is 10.2 Å². The minimum atomic E-state index is -0.00629. The molecule has 0 bridgehead atoms. The number of hydrogen-bond donors (Lipinski definition) is 2. The van der Waals surface area contributed by atoms with E-state index in [0.29, 0.717) is 43.1 Å². The number of aromatic nitrogens is 3. The number of piperidine rings is 1. The monoisotopic (exact) mass is 387 g/mol. The van der Waals surface area contributed by atoms with Gasteiger partial charge in [-0.1, -0.05) is 29.8 Å². The number of hydrogen-bond acceptors (Lipinski definition) is 4. The van der Waals surface area contributed by atoms with Crippen molar-refractivity contribution in [3.8, 4) is 11.4 Å². The van der Waals surface area contributed by atoms with E-state index >= 15 is 0 Å². The third-order valence-corrected chi connectivity index (χ3v) is 5.24. The van der Waals surface area contributed by atoms with Crippen molar-refractivity contribution in [1.29, 1.82) is 0 Å². The smallest absolute Gasteiger partial charge is 0.242 e. The normalized spacial score (nSPS) is 15.0. The molecule has 1 aromatic carbocycles. The molecular formula is C19H25N5O2S. The molecule has 2 heterocycles. The Morgan fingerprint density at radius 3 is 2.56 bits per heavy atom. The fourth-order valence-corrected chi connectivity index (χ4v) is 3.53. The van der Waals surface area contributed by atoms with Crippen molar-refractivity contribution in [2.24, 2.45) is 5.92 Å². The fourth-order valence-electron chi connectivity index (χ4n) is 3.33. The minimum Gasteiger partial charge on any atom is -0.356 e. The van der Waals surface area contributed by atoms with Gasteiger partial charge in [0.1, 0.15) is 6.54 Å². The second kappa shape index (κ2) is 8.47. The number of carbonyl (C=O) groups is 2. The number of H-pyrrole nitrogens is 1. The van der Waals surface area contributed by atoms with Gasteiger partial charge in [0.2, 0.25) is 11.8 Å². The Labute approximate surface area is 163 Å². The van der Waals surface area contributed by atoms with Crippen molar-refractivity contribution in [3.05, 3.63) is 34.6 Å². The molecule has 1 saturated heterocycles. The molecule has 2 amide bonds. The zero-order chi connectivity index (χ0) is 19.4. The van der Waals surface area contributed by atoms with E-state index in [1.807, 2.05) is 43.0 Å². The van der Waals surface area contributed by atoms with E-state index in [4.69, 9.17) is 12.2 Å². The highest BCUT2D eigenvalue weighted by Crippen LogP contribution is 2.20. The largest absolute Gasteiger partial charge is 0.356 e. The van der Waals surface area contributed by atoms with Gasteiger partial charge in [0.25, 0.3) is 0 Å². The summed E-state index contributed by atoms with van der Waals surface area (Å²) in [6, 6.07) is 7.95. The van der Waals surface area contributed by atoms with Crippen LogP contribution in [0, 0.1) is 17.6 Å². The number of benzene rings is 1. The van der Waals surface area contributed by atoms with Crippen molar-refractivity contribution in [2.75, 3.05) is 19.6 Å². The zero-order valence-corrected chi connectivity index (χ0v) is 16.5. The Morgan fingerprint density at radius 2 is 1.93 bits per heavy atom. The van der Waals surface area contributed by atoms with Crippen LogP contribution in [0.2, 0.25) is 0 Å². The Bertz CT molecular complexity index is 863. The van der Waals surface area contributed by atoms with Crippen molar-refractivity contribution >= 4 is 24.0 Å². The predicted molar refractivity (Wildman–Crippen MR) is 106 cm³/mol. The maximum atomic E-state index is 12.8. The van der Waals surface area contributed by atoms with Crippen LogP contribution in [-0.2, 0) is 16.1 Å². The van der Waals surface area contributed by atoms with Crippen molar-refractivity contribution in [2.45, 2.75) is 33.2 Å². The lowest BCUT2D eigenvalue weighted by atomic mass is 9.96. The molecule has 2 N–H and O–H groups in total. The summed E-state index contributed by atoms with van der Waals surface area (Å²) in [5, 5.41) is 9.94. The fraction of sp³-hybridized carbons (Fsp3) is 0.474. The van der Waals surface area contributed by atoms with Gasteiger partial charge in [0, 0.05) is 31.1 Å². The average Bonchev–Trinajstić information content (AvgIpc) is 3.03. The van der Waals surface area contributed by atoms with Crippen LogP contribution in [0.25, 0.3) is 11.4 Å². The standard InChI is InChI=1S/C19H25N5O2S/c1-3-20-18(26)15-8-10-23(11-9-15)16(25)12-24-17(21-22-19(24)27)14-6-4-13(2)5-7-14/h4-7,15H,3,8-12H2,1-2H3,(H,20,26)(H,22,27). The molecule has 144 valence electrons. The molecule has 0 aliphatic carbocycles. The van der Waals surface area contributed by atoms with E-state index in [-0.39, 0.29) is 24.3 Å². The van der Waals surface area contributed by atoms with Crippen molar-refractivity contribution in [3.63, 3.8) is 0 Å². The third kappa shape index (κ3) is 4.44. The van der Waals surface area contributed by atoms with Crippen LogP contribution in [0.4, 0.5) is 0 Å². The highest BCUT2D eigenvalue weighted by molar-refractivity contribution is 7.71. The Morgan fingerprint density at radius 1 is 1.26 bits per heavy atom. The van der Waals surface area contributed by atoms with Crippen LogP contribution in [0.1, 0.15) is 25.3 Å². The molecular weight excluding hydrogens is 362 g/mol. The van der Waals surface area contributed by atoms with Gasteiger partial charge in [0.05, 0.1) is 0 Å². The van der Waals surface area contributed by atoms with E-state index in [9.17, 15) is 9.59 Å². The molecule has 1 fully saturated rings. The number of aromatic amines is 1. The second-order valence-electron chi connectivity index (χ2n) is 6.85. The summed E-state index contributed by atoms with van der Waals surface area (Å²) in [6.07, 6.45) is 1.39. The first kappa shape index (κ1) is 19.3. The van der Waals surface area contributed by atoms with Crippen LogP contribution < -0.4 is 5.32 Å². The molecule has 0 radical (unpaired) electrons. The summed E-state index contributed by atoms with van der Waals surface area (Å²) in [5.41, 5.74) is 2.07. The lowest BCUT2D eigenvalue weighted by Gasteiger charge is -2.31. The van der Waals surface area contributed by atoms with Gasteiger partial charge in [-0.25, -0.2) is 0 Å². The molecule has 7 nitrogen and oxygen atoms in total. The number of rotatable bonds is 5. The van der Waals surface area contributed by atoms with E-state index in [2.05, 4.69) is 15.5 Å². The minimum absolute atomic E-state index is 0.00443. The van der Waals surface area contributed by atoms with Gasteiger partial charge >= 0.3 is 0 Å². The summed E-state index contributed by atoms with van der Waals surface area (Å²) >= 11 is 5.32. The molecule has 1 aromatic heterocycles. The first-order valence-corrected chi connectivity index (χ1v) is 9.68. The van der Waals surface area contributed by atoms with Crippen LogP contribution in [0.15, 0.2) is 24.3 Å². The Hall–Kier alpha value is -2.48. The number of likely N-dealkylation sites (tertiary alicyclic amines) is 1.